The lowest BCUT2D eigenvalue weighted by molar-refractivity contribution is -0.129. The molecule has 4 heterocycles. The molecule has 0 radical (unpaired) electrons. The number of fused-ring (bicyclic) bond motifs is 1. The van der Waals surface area contributed by atoms with E-state index in [1.54, 1.807) is 14.0 Å². The van der Waals surface area contributed by atoms with E-state index in [2.05, 4.69) is 10.2 Å². The Morgan fingerprint density at radius 1 is 1.12 bits per heavy atom. The number of carbonyl (C=O) groups excluding carboxylic acids is 1. The number of aromatic hydroxyl groups is 1. The molecule has 0 bridgehead atoms. The lowest BCUT2D eigenvalue weighted by Gasteiger charge is -2.30. The van der Waals surface area contributed by atoms with Crippen LogP contribution in [0.1, 0.15) is 55.4 Å². The number of likely N-dealkylation sites (tertiary alicyclic amines) is 1. The molecule has 1 unspecified atom stereocenters. The van der Waals surface area contributed by atoms with Crippen LogP contribution in [0, 0.1) is 12.7 Å². The number of likely N-dealkylation sites (N-methyl/N-ethyl adjacent to an activating group) is 1. The Kier molecular flexibility index (Phi) is 7.45. The molecule has 12 nitrogen and oxygen atoms in total. The molecule has 2 atom stereocenters. The van der Waals surface area contributed by atoms with Gasteiger partial charge in [0.2, 0.25) is 5.91 Å². The summed E-state index contributed by atoms with van der Waals surface area (Å²) < 4.78 is 23.3. The molecule has 2 fully saturated rings. The highest BCUT2D eigenvalue weighted by molar-refractivity contribution is 7.21. The number of nitrogens with zero attached hydrogens (tertiary/aromatic N) is 6. The quantitative estimate of drug-likeness (QED) is 0.330. The standard InChI is InChI=1S/C28H31FN6O6S/c1-15-23-25(39)34(20-9-12-32(2)24(20)38)28(40)33(27(23)42-26(15)35-30-10-11-31-35)14-22(19-13-16(29)3-8-21(19)37)41-18-6-4-17(36)5-7-18/h3,8,10-11,13,17-18,20,22,36-37H,4-7,9,12,14H2,1-2H3/t17?,18?,20-,22?/m0/s1. The zero-order valence-electron chi connectivity index (χ0n) is 23.1. The van der Waals surface area contributed by atoms with Gasteiger partial charge in [-0.1, -0.05) is 11.3 Å². The second kappa shape index (κ2) is 11.1. The number of halogens is 1. The number of phenolic OH excluding ortho intramolecular Hbond substituents is 1. The van der Waals surface area contributed by atoms with Gasteiger partial charge in [0.25, 0.3) is 5.56 Å². The molecule has 6 rings (SSSR count). The zero-order chi connectivity index (χ0) is 29.7. The zero-order valence-corrected chi connectivity index (χ0v) is 24.0. The second-order valence-corrected chi connectivity index (χ2v) is 11.9. The lowest BCUT2D eigenvalue weighted by atomic mass is 9.94. The van der Waals surface area contributed by atoms with Crippen molar-refractivity contribution < 1.29 is 24.1 Å². The van der Waals surface area contributed by atoms with E-state index in [1.165, 1.54) is 38.8 Å². The van der Waals surface area contributed by atoms with E-state index in [4.69, 9.17) is 4.74 Å². The molecule has 42 heavy (non-hydrogen) atoms. The molecule has 0 spiro atoms. The molecule has 2 aliphatic rings. The van der Waals surface area contributed by atoms with Crippen molar-refractivity contribution in [1.29, 1.82) is 0 Å². The number of ether oxygens (including phenoxy) is 1. The Morgan fingerprint density at radius 3 is 2.50 bits per heavy atom. The van der Waals surface area contributed by atoms with Crippen LogP contribution in [0.3, 0.4) is 0 Å². The van der Waals surface area contributed by atoms with E-state index in [0.717, 1.165) is 22.0 Å². The first-order valence-corrected chi connectivity index (χ1v) is 14.7. The number of rotatable bonds is 7. The summed E-state index contributed by atoms with van der Waals surface area (Å²) in [5, 5.41) is 29.9. The molecule has 1 saturated carbocycles. The van der Waals surface area contributed by atoms with Crippen molar-refractivity contribution >= 4 is 27.5 Å². The maximum Gasteiger partial charge on any atom is 0.332 e. The van der Waals surface area contributed by atoms with Gasteiger partial charge in [-0.15, -0.1) is 4.80 Å². The highest BCUT2D eigenvalue weighted by atomic mass is 32.1. The second-order valence-electron chi connectivity index (χ2n) is 10.9. The predicted molar refractivity (Wildman–Crippen MR) is 151 cm³/mol. The van der Waals surface area contributed by atoms with E-state index in [9.17, 15) is 29.0 Å². The van der Waals surface area contributed by atoms with Gasteiger partial charge in [-0.2, -0.15) is 10.2 Å². The first-order chi connectivity index (χ1) is 20.1. The third kappa shape index (κ3) is 4.92. The van der Waals surface area contributed by atoms with E-state index in [-0.39, 0.29) is 35.3 Å². The molecule has 14 heteroatoms. The maximum atomic E-state index is 14.5. The largest absolute Gasteiger partial charge is 0.508 e. The first kappa shape index (κ1) is 28.2. The molecule has 1 saturated heterocycles. The molecule has 1 aromatic carbocycles. The van der Waals surface area contributed by atoms with Crippen molar-refractivity contribution in [2.75, 3.05) is 13.6 Å². The molecule has 4 aromatic rings. The highest BCUT2D eigenvalue weighted by Gasteiger charge is 2.36. The molecular weight excluding hydrogens is 567 g/mol. The van der Waals surface area contributed by atoms with Crippen LogP contribution in [0.2, 0.25) is 0 Å². The summed E-state index contributed by atoms with van der Waals surface area (Å²) >= 11 is 1.15. The Labute approximate surface area is 243 Å². The van der Waals surface area contributed by atoms with Crippen LogP contribution in [0.15, 0.2) is 40.2 Å². The van der Waals surface area contributed by atoms with Crippen molar-refractivity contribution in [2.45, 2.75) is 69.9 Å². The monoisotopic (exact) mass is 598 g/mol. The van der Waals surface area contributed by atoms with E-state index >= 15 is 0 Å². The fraction of sp³-hybridized carbons (Fsp3) is 0.464. The lowest BCUT2D eigenvalue weighted by Crippen LogP contribution is -2.45. The Hall–Kier alpha value is -3.88. The normalized spacial score (nSPS) is 21.9. The number of aliphatic hydroxyl groups excluding tert-OH is 1. The smallest absolute Gasteiger partial charge is 0.332 e. The summed E-state index contributed by atoms with van der Waals surface area (Å²) in [5.41, 5.74) is -0.590. The number of aromatic nitrogens is 5. The van der Waals surface area contributed by atoms with Crippen LogP contribution in [0.25, 0.3) is 15.2 Å². The number of hydrogen-bond acceptors (Lipinski definition) is 9. The van der Waals surface area contributed by atoms with Gasteiger partial charge < -0.3 is 19.8 Å². The number of amides is 1. The Morgan fingerprint density at radius 2 is 1.83 bits per heavy atom. The maximum absolute atomic E-state index is 14.5. The van der Waals surface area contributed by atoms with Gasteiger partial charge >= 0.3 is 5.69 Å². The van der Waals surface area contributed by atoms with Crippen LogP contribution < -0.4 is 11.2 Å². The molecule has 3 aromatic heterocycles. The topological polar surface area (TPSA) is 145 Å². The van der Waals surface area contributed by atoms with Crippen molar-refractivity contribution in [1.82, 2.24) is 29.0 Å². The molecule has 2 N–H and O–H groups in total. The summed E-state index contributed by atoms with van der Waals surface area (Å²) in [6, 6.07) is 2.56. The van der Waals surface area contributed by atoms with Gasteiger partial charge in [-0.3, -0.25) is 14.2 Å². The summed E-state index contributed by atoms with van der Waals surface area (Å²) in [5.74, 6) is -1.12. The number of carbonyl (C=O) groups is 1. The first-order valence-electron chi connectivity index (χ1n) is 13.9. The van der Waals surface area contributed by atoms with Gasteiger partial charge in [-0.05, 0) is 57.2 Å². The van der Waals surface area contributed by atoms with E-state index in [1.807, 2.05) is 0 Å². The van der Waals surface area contributed by atoms with E-state index < -0.39 is 35.3 Å². The number of aryl methyl sites for hydroxylation is 1. The SMILES string of the molecule is Cc1c(-n2nccn2)sc2c1c(=O)n([C@H]1CCN(C)C1=O)c(=O)n2CC(OC1CCC(O)CC1)c1cc(F)ccc1O. The average Bonchev–Trinajstić information content (AvgIpc) is 3.69. The van der Waals surface area contributed by atoms with Gasteiger partial charge in [0, 0.05) is 24.7 Å². The summed E-state index contributed by atoms with van der Waals surface area (Å²) in [7, 11) is 1.62. The fourth-order valence-corrected chi connectivity index (χ4v) is 7.14. The van der Waals surface area contributed by atoms with Crippen molar-refractivity contribution in [2.24, 2.45) is 0 Å². The van der Waals surface area contributed by atoms with Crippen LogP contribution in [-0.4, -0.2) is 70.9 Å². The molecule has 222 valence electrons. The van der Waals surface area contributed by atoms with Crippen molar-refractivity contribution in [3.05, 3.63) is 68.4 Å². The van der Waals surface area contributed by atoms with Crippen LogP contribution in [0.4, 0.5) is 4.39 Å². The molecule has 1 aliphatic heterocycles. The number of hydrogen-bond donors (Lipinski definition) is 2. The van der Waals surface area contributed by atoms with Crippen LogP contribution >= 0.6 is 11.3 Å². The molecule has 1 aliphatic carbocycles. The predicted octanol–water partition coefficient (Wildman–Crippen LogP) is 2.42. The van der Waals surface area contributed by atoms with Gasteiger partial charge in [0.15, 0.2) is 0 Å². The molecular formula is C28H31FN6O6S. The fourth-order valence-electron chi connectivity index (χ4n) is 5.92. The summed E-state index contributed by atoms with van der Waals surface area (Å²) in [6.07, 6.45) is 3.73. The Bertz CT molecular complexity index is 1760. The summed E-state index contributed by atoms with van der Waals surface area (Å²) in [6.45, 7) is 1.96. The minimum atomic E-state index is -0.983. The molecule has 1 amide bonds. The van der Waals surface area contributed by atoms with Crippen molar-refractivity contribution in [3.63, 3.8) is 0 Å². The van der Waals surface area contributed by atoms with Crippen LogP contribution in [0.5, 0.6) is 5.75 Å². The Balaban J connectivity index is 1.55. The number of phenols is 1. The van der Waals surface area contributed by atoms with E-state index in [0.29, 0.717) is 54.0 Å². The minimum absolute atomic E-state index is 0.151. The van der Waals surface area contributed by atoms with Gasteiger partial charge in [-0.25, -0.2) is 13.8 Å². The van der Waals surface area contributed by atoms with Crippen LogP contribution in [-0.2, 0) is 16.1 Å². The van der Waals surface area contributed by atoms with Gasteiger partial charge in [0.1, 0.15) is 33.5 Å². The third-order valence-corrected chi connectivity index (χ3v) is 9.50. The number of benzene rings is 1. The number of aliphatic hydroxyl groups is 1. The van der Waals surface area contributed by atoms with Crippen molar-refractivity contribution in [3.8, 4) is 10.8 Å². The summed E-state index contributed by atoms with van der Waals surface area (Å²) in [4.78, 5) is 44.3. The average molecular weight is 599 g/mol. The third-order valence-electron chi connectivity index (χ3n) is 8.21. The van der Waals surface area contributed by atoms with Gasteiger partial charge in [0.05, 0.1) is 36.5 Å². The highest BCUT2D eigenvalue weighted by Crippen LogP contribution is 2.36. The number of thiophene rings is 1. The minimum Gasteiger partial charge on any atom is -0.508 e.